The van der Waals surface area contributed by atoms with Gasteiger partial charge in [-0.05, 0) is 62.0 Å². The second-order valence-electron chi connectivity index (χ2n) is 4.26. The molecule has 0 saturated carbocycles. The minimum atomic E-state index is -0.749. The van der Waals surface area contributed by atoms with E-state index in [0.29, 0.717) is 5.92 Å². The Morgan fingerprint density at radius 1 is 1.33 bits per heavy atom. The normalized spacial score (nSPS) is 20.9. The van der Waals surface area contributed by atoms with E-state index in [1.54, 1.807) is 0 Å². The highest BCUT2D eigenvalue weighted by Gasteiger charge is 2.17. The summed E-state index contributed by atoms with van der Waals surface area (Å²) in [5, 5.41) is 3.27. The number of rotatable bonds is 2. The number of halogens is 2. The Balaban J connectivity index is 2.16. The monoisotopic (exact) mass is 211 g/mol. The Morgan fingerprint density at radius 2 is 2.07 bits per heavy atom. The molecule has 1 unspecified atom stereocenters. The van der Waals surface area contributed by atoms with Crippen LogP contribution < -0.4 is 5.32 Å². The van der Waals surface area contributed by atoms with Crippen LogP contribution in [0.15, 0.2) is 12.1 Å². The SMILES string of the molecule is Cc1cc(F)c(F)cc1CC1CCNC1. The molecule has 0 spiro atoms. The van der Waals surface area contributed by atoms with Crippen LogP contribution in [0.25, 0.3) is 0 Å². The molecular weight excluding hydrogens is 196 g/mol. The van der Waals surface area contributed by atoms with Gasteiger partial charge in [0.1, 0.15) is 0 Å². The summed E-state index contributed by atoms with van der Waals surface area (Å²) >= 11 is 0. The summed E-state index contributed by atoms with van der Waals surface area (Å²) in [6, 6.07) is 2.62. The van der Waals surface area contributed by atoms with Crippen LogP contribution in [0.1, 0.15) is 17.5 Å². The van der Waals surface area contributed by atoms with E-state index in [9.17, 15) is 8.78 Å². The van der Waals surface area contributed by atoms with Gasteiger partial charge in [-0.15, -0.1) is 0 Å². The van der Waals surface area contributed by atoms with Gasteiger partial charge < -0.3 is 5.32 Å². The third-order valence-corrected chi connectivity index (χ3v) is 3.05. The molecule has 1 aliphatic rings. The molecule has 1 nitrogen and oxygen atoms in total. The number of aryl methyl sites for hydroxylation is 1. The van der Waals surface area contributed by atoms with Crippen LogP contribution in [-0.4, -0.2) is 13.1 Å². The summed E-state index contributed by atoms with van der Waals surface area (Å²) in [5.74, 6) is -0.920. The predicted octanol–water partition coefficient (Wildman–Crippen LogP) is 2.43. The van der Waals surface area contributed by atoms with Gasteiger partial charge >= 0.3 is 0 Å². The van der Waals surface area contributed by atoms with E-state index in [4.69, 9.17) is 0 Å². The molecule has 0 amide bonds. The van der Waals surface area contributed by atoms with E-state index in [-0.39, 0.29) is 0 Å². The van der Waals surface area contributed by atoms with Gasteiger partial charge in [0.2, 0.25) is 0 Å². The van der Waals surface area contributed by atoms with Crippen LogP contribution >= 0.6 is 0 Å². The zero-order chi connectivity index (χ0) is 10.8. The van der Waals surface area contributed by atoms with E-state index >= 15 is 0 Å². The molecule has 1 aromatic carbocycles. The Hall–Kier alpha value is -0.960. The fourth-order valence-electron chi connectivity index (χ4n) is 2.11. The van der Waals surface area contributed by atoms with Gasteiger partial charge in [-0.25, -0.2) is 8.78 Å². The summed E-state index contributed by atoms with van der Waals surface area (Å²) < 4.78 is 25.9. The van der Waals surface area contributed by atoms with Crippen molar-refractivity contribution in [3.05, 3.63) is 34.9 Å². The standard InChI is InChI=1S/C12H15F2N/c1-8-4-11(13)12(14)6-10(8)5-9-2-3-15-7-9/h4,6,9,15H,2-3,5,7H2,1H3. The molecule has 1 aromatic rings. The molecule has 1 N–H and O–H groups in total. The predicted molar refractivity (Wildman–Crippen MR) is 55.8 cm³/mol. The van der Waals surface area contributed by atoms with E-state index < -0.39 is 11.6 Å². The lowest BCUT2D eigenvalue weighted by atomic mass is 9.95. The van der Waals surface area contributed by atoms with Crippen LogP contribution in [0.3, 0.4) is 0 Å². The second kappa shape index (κ2) is 4.27. The van der Waals surface area contributed by atoms with Crippen molar-refractivity contribution < 1.29 is 8.78 Å². The summed E-state index contributed by atoms with van der Waals surface area (Å²) in [6.07, 6.45) is 1.97. The van der Waals surface area contributed by atoms with E-state index in [1.165, 1.54) is 12.1 Å². The highest BCUT2D eigenvalue weighted by atomic mass is 19.2. The summed E-state index contributed by atoms with van der Waals surface area (Å²) in [5.41, 5.74) is 1.78. The van der Waals surface area contributed by atoms with Crippen molar-refractivity contribution >= 4 is 0 Å². The lowest BCUT2D eigenvalue weighted by Crippen LogP contribution is -2.11. The maximum Gasteiger partial charge on any atom is 0.159 e. The fourth-order valence-corrected chi connectivity index (χ4v) is 2.11. The highest BCUT2D eigenvalue weighted by molar-refractivity contribution is 5.28. The molecule has 15 heavy (non-hydrogen) atoms. The maximum atomic E-state index is 13.0. The van der Waals surface area contributed by atoms with Crippen molar-refractivity contribution in [3.8, 4) is 0 Å². The van der Waals surface area contributed by atoms with Crippen molar-refractivity contribution in [2.45, 2.75) is 19.8 Å². The lowest BCUT2D eigenvalue weighted by Gasteiger charge is -2.11. The minimum absolute atomic E-state index is 0.563. The minimum Gasteiger partial charge on any atom is -0.316 e. The summed E-state index contributed by atoms with van der Waals surface area (Å²) in [6.45, 7) is 3.85. The second-order valence-corrected chi connectivity index (χ2v) is 4.26. The average molecular weight is 211 g/mol. The topological polar surface area (TPSA) is 12.0 Å². The third-order valence-electron chi connectivity index (χ3n) is 3.05. The number of benzene rings is 1. The molecule has 82 valence electrons. The molecule has 1 saturated heterocycles. The first-order valence-corrected chi connectivity index (χ1v) is 5.32. The van der Waals surface area contributed by atoms with Crippen LogP contribution in [0.4, 0.5) is 8.78 Å². The quantitative estimate of drug-likeness (QED) is 0.792. The van der Waals surface area contributed by atoms with Crippen molar-refractivity contribution in [3.63, 3.8) is 0 Å². The molecule has 1 atom stereocenters. The van der Waals surface area contributed by atoms with Crippen molar-refractivity contribution in [1.29, 1.82) is 0 Å². The average Bonchev–Trinajstić information content (AvgIpc) is 2.67. The fraction of sp³-hybridized carbons (Fsp3) is 0.500. The molecule has 0 aromatic heterocycles. The summed E-state index contributed by atoms with van der Waals surface area (Å²) in [7, 11) is 0. The zero-order valence-electron chi connectivity index (χ0n) is 8.82. The van der Waals surface area contributed by atoms with E-state index in [1.807, 2.05) is 6.92 Å². The Morgan fingerprint density at radius 3 is 2.73 bits per heavy atom. The molecule has 3 heteroatoms. The van der Waals surface area contributed by atoms with Gasteiger partial charge in [0.15, 0.2) is 11.6 Å². The van der Waals surface area contributed by atoms with Crippen molar-refractivity contribution in [2.75, 3.05) is 13.1 Å². The number of hydrogen-bond donors (Lipinski definition) is 1. The highest BCUT2D eigenvalue weighted by Crippen LogP contribution is 2.20. The largest absolute Gasteiger partial charge is 0.316 e. The maximum absolute atomic E-state index is 13.0. The first-order valence-electron chi connectivity index (χ1n) is 5.32. The van der Waals surface area contributed by atoms with Crippen molar-refractivity contribution in [2.24, 2.45) is 5.92 Å². The van der Waals surface area contributed by atoms with E-state index in [0.717, 1.165) is 37.1 Å². The Kier molecular flexibility index (Phi) is 3.00. The third kappa shape index (κ3) is 2.34. The van der Waals surface area contributed by atoms with Crippen LogP contribution in [0.2, 0.25) is 0 Å². The van der Waals surface area contributed by atoms with Crippen molar-refractivity contribution in [1.82, 2.24) is 5.32 Å². The molecule has 0 bridgehead atoms. The van der Waals surface area contributed by atoms with Crippen LogP contribution in [-0.2, 0) is 6.42 Å². The van der Waals surface area contributed by atoms with Gasteiger partial charge in [0, 0.05) is 0 Å². The number of nitrogens with one attached hydrogen (secondary N) is 1. The molecule has 1 fully saturated rings. The summed E-state index contributed by atoms with van der Waals surface area (Å²) in [4.78, 5) is 0. The smallest absolute Gasteiger partial charge is 0.159 e. The molecule has 1 heterocycles. The molecule has 0 radical (unpaired) electrons. The lowest BCUT2D eigenvalue weighted by molar-refractivity contribution is 0.502. The number of hydrogen-bond acceptors (Lipinski definition) is 1. The molecule has 1 aliphatic heterocycles. The Bertz CT molecular complexity index is 357. The van der Waals surface area contributed by atoms with Gasteiger partial charge in [0.05, 0.1) is 0 Å². The van der Waals surface area contributed by atoms with Gasteiger partial charge in [0.25, 0.3) is 0 Å². The van der Waals surface area contributed by atoms with Gasteiger partial charge in [-0.3, -0.25) is 0 Å². The van der Waals surface area contributed by atoms with Gasteiger partial charge in [-0.2, -0.15) is 0 Å². The molecule has 0 aliphatic carbocycles. The molecular formula is C12H15F2N. The Labute approximate surface area is 88.5 Å². The van der Waals surface area contributed by atoms with Crippen LogP contribution in [0, 0.1) is 24.5 Å². The zero-order valence-corrected chi connectivity index (χ0v) is 8.82. The molecule has 2 rings (SSSR count). The first-order chi connectivity index (χ1) is 7.16. The first kappa shape index (κ1) is 10.6. The van der Waals surface area contributed by atoms with E-state index in [2.05, 4.69) is 5.32 Å². The van der Waals surface area contributed by atoms with Crippen LogP contribution in [0.5, 0.6) is 0 Å². The van der Waals surface area contributed by atoms with Gasteiger partial charge in [-0.1, -0.05) is 0 Å².